The summed E-state index contributed by atoms with van der Waals surface area (Å²) in [5, 5.41) is 6.68. The van der Waals surface area contributed by atoms with Crippen molar-refractivity contribution in [3.05, 3.63) is 42.0 Å². The molecule has 2 rings (SSSR count). The maximum atomic E-state index is 12.3. The summed E-state index contributed by atoms with van der Waals surface area (Å²) in [6.45, 7) is 6.55. The van der Waals surface area contributed by atoms with Gasteiger partial charge in [-0.2, -0.15) is 0 Å². The summed E-state index contributed by atoms with van der Waals surface area (Å²) in [5.74, 6) is -1.02. The fourth-order valence-electron chi connectivity index (χ4n) is 2.57. The molecule has 0 heterocycles. The molecule has 2 N–H and O–H groups in total. The van der Waals surface area contributed by atoms with E-state index in [9.17, 15) is 14.4 Å². The maximum absolute atomic E-state index is 12.3. The summed E-state index contributed by atoms with van der Waals surface area (Å²) in [4.78, 5) is 35.7. The van der Waals surface area contributed by atoms with E-state index in [4.69, 9.17) is 9.47 Å². The average Bonchev–Trinajstić information content (AvgIpc) is 2.62. The molecule has 0 aromatic heterocycles. The van der Waals surface area contributed by atoms with E-state index in [1.54, 1.807) is 34.8 Å². The van der Waals surface area contributed by atoms with Crippen LogP contribution in [0.4, 0.5) is 4.79 Å². The van der Waals surface area contributed by atoms with Gasteiger partial charge in [-0.05, 0) is 56.2 Å². The van der Waals surface area contributed by atoms with E-state index in [0.717, 1.165) is 22.1 Å². The summed E-state index contributed by atoms with van der Waals surface area (Å²) in [6, 6.07) is 10.7. The van der Waals surface area contributed by atoms with Crippen LogP contribution in [-0.4, -0.2) is 37.2 Å². The molecular formula is C21H26N2O5. The number of benzene rings is 2. The Morgan fingerprint density at radius 1 is 1.04 bits per heavy atom. The fraction of sp³-hybridized carbons (Fsp3) is 0.381. The molecule has 7 heteroatoms. The average molecular weight is 386 g/mol. The number of ether oxygens (including phenoxy) is 2. The molecule has 1 atom stereocenters. The summed E-state index contributed by atoms with van der Waals surface area (Å²) in [6.07, 6.45) is 0. The number of amides is 3. The number of rotatable bonds is 5. The Morgan fingerprint density at radius 2 is 1.68 bits per heavy atom. The minimum atomic E-state index is -0.687. The zero-order chi connectivity index (χ0) is 20.9. The molecule has 0 unspecified atom stereocenters. The van der Waals surface area contributed by atoms with Crippen LogP contribution in [0.15, 0.2) is 36.4 Å². The first-order valence-corrected chi connectivity index (χ1v) is 8.95. The van der Waals surface area contributed by atoms with Gasteiger partial charge in [-0.15, -0.1) is 0 Å². The van der Waals surface area contributed by atoms with Gasteiger partial charge in [-0.25, -0.2) is 4.79 Å². The number of carbonyl (C=O) groups is 3. The number of hydrogen-bond acceptors (Lipinski definition) is 5. The molecule has 0 aliphatic carbocycles. The minimum Gasteiger partial charge on any atom is -0.497 e. The predicted molar refractivity (Wildman–Crippen MR) is 106 cm³/mol. The second kappa shape index (κ2) is 8.73. The highest BCUT2D eigenvalue weighted by atomic mass is 16.5. The molecule has 0 aliphatic rings. The van der Waals surface area contributed by atoms with Crippen molar-refractivity contribution in [3.8, 4) is 5.75 Å². The number of hydrogen-bond donors (Lipinski definition) is 2. The van der Waals surface area contributed by atoms with Gasteiger partial charge in [0, 0.05) is 5.54 Å². The molecule has 28 heavy (non-hydrogen) atoms. The normalized spacial score (nSPS) is 12.2. The highest BCUT2D eigenvalue weighted by Gasteiger charge is 2.20. The molecule has 0 saturated heterocycles. The van der Waals surface area contributed by atoms with E-state index in [-0.39, 0.29) is 0 Å². The topological polar surface area (TPSA) is 93.7 Å². The van der Waals surface area contributed by atoms with Crippen LogP contribution in [0.5, 0.6) is 5.75 Å². The lowest BCUT2D eigenvalue weighted by molar-refractivity contribution is -0.149. The van der Waals surface area contributed by atoms with Crippen LogP contribution in [0.1, 0.15) is 39.2 Å². The number of methoxy groups -OCH3 is 1. The largest absolute Gasteiger partial charge is 0.497 e. The van der Waals surface area contributed by atoms with Crippen molar-refractivity contribution >= 4 is 28.7 Å². The molecule has 0 fully saturated rings. The van der Waals surface area contributed by atoms with Crippen molar-refractivity contribution in [3.63, 3.8) is 0 Å². The Labute approximate surface area is 164 Å². The van der Waals surface area contributed by atoms with E-state index in [0.29, 0.717) is 0 Å². The highest BCUT2D eigenvalue weighted by molar-refractivity contribution is 5.96. The lowest BCUT2D eigenvalue weighted by atomic mass is 9.98. The van der Waals surface area contributed by atoms with E-state index < -0.39 is 36.0 Å². The molecule has 2 aromatic rings. The number of urea groups is 1. The van der Waals surface area contributed by atoms with Gasteiger partial charge in [0.15, 0.2) is 6.61 Å². The van der Waals surface area contributed by atoms with Crippen LogP contribution in [0.3, 0.4) is 0 Å². The first-order valence-electron chi connectivity index (χ1n) is 8.95. The summed E-state index contributed by atoms with van der Waals surface area (Å²) >= 11 is 0. The molecule has 7 nitrogen and oxygen atoms in total. The summed E-state index contributed by atoms with van der Waals surface area (Å²) in [7, 11) is 1.61. The quantitative estimate of drug-likeness (QED) is 0.770. The van der Waals surface area contributed by atoms with Gasteiger partial charge in [0.05, 0.1) is 13.0 Å². The van der Waals surface area contributed by atoms with E-state index in [2.05, 4.69) is 10.6 Å². The molecule has 150 valence electrons. The molecule has 0 spiro atoms. The third kappa shape index (κ3) is 5.97. The lowest BCUT2D eigenvalue weighted by Crippen LogP contribution is -2.49. The number of carbonyl (C=O) groups excluding carboxylic acids is 3. The van der Waals surface area contributed by atoms with Crippen molar-refractivity contribution in [2.24, 2.45) is 0 Å². The van der Waals surface area contributed by atoms with Crippen LogP contribution in [0, 0.1) is 0 Å². The Balaban J connectivity index is 1.94. The van der Waals surface area contributed by atoms with Crippen LogP contribution in [-0.2, 0) is 14.3 Å². The van der Waals surface area contributed by atoms with E-state index in [1.165, 1.54) is 0 Å². The summed E-state index contributed by atoms with van der Waals surface area (Å²) < 4.78 is 10.3. The van der Waals surface area contributed by atoms with Crippen LogP contribution in [0.25, 0.3) is 10.8 Å². The monoisotopic (exact) mass is 386 g/mol. The number of imide groups is 1. The SMILES string of the molecule is COc1ccc2cc([C@H](C)C(=O)OCC(=O)NC(=O)NC(C)(C)C)ccc2c1. The van der Waals surface area contributed by atoms with Gasteiger partial charge in [0.25, 0.3) is 5.91 Å². The van der Waals surface area contributed by atoms with Crippen molar-refractivity contribution in [2.75, 3.05) is 13.7 Å². The van der Waals surface area contributed by atoms with E-state index >= 15 is 0 Å². The number of fused-ring (bicyclic) bond motifs is 1. The molecule has 2 aromatic carbocycles. The number of nitrogens with one attached hydrogen (secondary N) is 2. The summed E-state index contributed by atoms with van der Waals surface area (Å²) in [5.41, 5.74) is 0.295. The number of esters is 1. The second-order valence-corrected chi connectivity index (χ2v) is 7.55. The predicted octanol–water partition coefficient (Wildman–Crippen LogP) is 3.12. The molecule has 3 amide bonds. The van der Waals surface area contributed by atoms with Crippen molar-refractivity contribution in [2.45, 2.75) is 39.2 Å². The Hall–Kier alpha value is -3.09. The van der Waals surface area contributed by atoms with Gasteiger partial charge in [-0.3, -0.25) is 14.9 Å². The van der Waals surface area contributed by atoms with Crippen LogP contribution in [0.2, 0.25) is 0 Å². The molecular weight excluding hydrogens is 360 g/mol. The first kappa shape index (κ1) is 21.2. The Morgan fingerprint density at radius 3 is 2.32 bits per heavy atom. The molecule has 0 radical (unpaired) electrons. The highest BCUT2D eigenvalue weighted by Crippen LogP contribution is 2.25. The van der Waals surface area contributed by atoms with Gasteiger partial charge in [0.2, 0.25) is 0 Å². The first-order chi connectivity index (χ1) is 13.1. The zero-order valence-corrected chi connectivity index (χ0v) is 16.8. The molecule has 0 saturated carbocycles. The second-order valence-electron chi connectivity index (χ2n) is 7.55. The van der Waals surface area contributed by atoms with Gasteiger partial charge in [0.1, 0.15) is 5.75 Å². The Bertz CT molecular complexity index is 886. The standard InChI is InChI=1S/C21H26N2O5/c1-13(14-6-7-16-11-17(27-5)9-8-15(16)10-14)19(25)28-12-18(24)22-20(26)23-21(2,3)4/h6-11,13H,12H2,1-5H3,(H2,22,23,24,26)/t13-/m0/s1. The zero-order valence-electron chi connectivity index (χ0n) is 16.8. The van der Waals surface area contributed by atoms with Gasteiger partial charge < -0.3 is 14.8 Å². The smallest absolute Gasteiger partial charge is 0.321 e. The van der Waals surface area contributed by atoms with Crippen LogP contribution < -0.4 is 15.4 Å². The third-order valence-electron chi connectivity index (χ3n) is 4.01. The minimum absolute atomic E-state index is 0.477. The van der Waals surface area contributed by atoms with Gasteiger partial charge in [-0.1, -0.05) is 24.3 Å². The van der Waals surface area contributed by atoms with Crippen LogP contribution >= 0.6 is 0 Å². The maximum Gasteiger partial charge on any atom is 0.321 e. The fourth-order valence-corrected chi connectivity index (χ4v) is 2.57. The van der Waals surface area contributed by atoms with Crippen molar-refractivity contribution in [1.29, 1.82) is 0 Å². The molecule has 0 bridgehead atoms. The van der Waals surface area contributed by atoms with E-state index in [1.807, 2.05) is 36.4 Å². The Kier molecular flexibility index (Phi) is 6.62. The lowest BCUT2D eigenvalue weighted by Gasteiger charge is -2.20. The van der Waals surface area contributed by atoms with Gasteiger partial charge >= 0.3 is 12.0 Å². The molecule has 0 aliphatic heterocycles. The van der Waals surface area contributed by atoms with Crippen molar-refractivity contribution in [1.82, 2.24) is 10.6 Å². The van der Waals surface area contributed by atoms with Crippen molar-refractivity contribution < 1.29 is 23.9 Å². The third-order valence-corrected chi connectivity index (χ3v) is 4.01.